The van der Waals surface area contributed by atoms with Crippen molar-refractivity contribution in [3.8, 4) is 0 Å². The Morgan fingerprint density at radius 2 is 2.16 bits per heavy atom. The molecule has 0 unspecified atom stereocenters. The third-order valence-electron chi connectivity index (χ3n) is 2.21. The monoisotopic (exact) mass is 257 g/mol. The number of carbonyl (C=O) groups excluding carboxylic acids is 1. The second-order valence-electron chi connectivity index (χ2n) is 3.53. The van der Waals surface area contributed by atoms with E-state index in [2.05, 4.69) is 10.0 Å². The maximum Gasteiger partial charge on any atom is 0.331 e. The first kappa shape index (κ1) is 14.5. The van der Waals surface area contributed by atoms with Crippen LogP contribution < -0.4 is 0 Å². The predicted octanol–water partition coefficient (Wildman–Crippen LogP) is 3.50. The van der Waals surface area contributed by atoms with Gasteiger partial charge < -0.3 is 4.74 Å². The summed E-state index contributed by atoms with van der Waals surface area (Å²) in [7, 11) is 0. The molecular weight excluding hydrogens is 242 g/mol. The fourth-order valence-corrected chi connectivity index (χ4v) is 1.43. The molecule has 1 aromatic rings. The van der Waals surface area contributed by atoms with Crippen LogP contribution in [0.2, 0.25) is 0 Å². The summed E-state index contributed by atoms with van der Waals surface area (Å²) in [4.78, 5) is 14.2. The summed E-state index contributed by atoms with van der Waals surface area (Å²) in [6, 6.07) is 9.45. The molecule has 0 amide bonds. The minimum Gasteiger partial charge on any atom is -0.463 e. The number of allylic oxidation sites excluding steroid dienone is 2. The maximum atomic E-state index is 11.5. The molecule has 98 valence electrons. The summed E-state index contributed by atoms with van der Waals surface area (Å²) >= 11 is 0. The van der Waals surface area contributed by atoms with E-state index >= 15 is 0 Å². The highest BCUT2D eigenvalue weighted by Gasteiger charge is 2.02. The number of hydrogen-bond donors (Lipinski definition) is 0. The van der Waals surface area contributed by atoms with Gasteiger partial charge in [0.1, 0.15) is 0 Å². The van der Waals surface area contributed by atoms with Crippen molar-refractivity contribution in [2.45, 2.75) is 6.92 Å². The van der Waals surface area contributed by atoms with Gasteiger partial charge in [0.05, 0.1) is 6.61 Å². The van der Waals surface area contributed by atoms with Crippen molar-refractivity contribution in [1.82, 2.24) is 0 Å². The van der Waals surface area contributed by atoms with Crippen molar-refractivity contribution in [1.29, 1.82) is 0 Å². The van der Waals surface area contributed by atoms with E-state index in [1.54, 1.807) is 19.1 Å². The Bertz CT molecular complexity index is 515. The molecule has 0 aromatic heterocycles. The van der Waals surface area contributed by atoms with Crippen LogP contribution in [0.3, 0.4) is 0 Å². The average Bonchev–Trinajstić information content (AvgIpc) is 2.43. The minimum atomic E-state index is -0.394. The van der Waals surface area contributed by atoms with Gasteiger partial charge >= 0.3 is 5.97 Å². The maximum absolute atomic E-state index is 11.5. The molecule has 1 aromatic carbocycles. The number of carbonyl (C=O) groups is 1. The minimum absolute atomic E-state index is 0.240. The van der Waals surface area contributed by atoms with E-state index in [0.717, 1.165) is 5.56 Å². The molecule has 0 aliphatic heterocycles. The highest BCUT2D eigenvalue weighted by atomic mass is 16.5. The molecule has 0 fully saturated rings. The summed E-state index contributed by atoms with van der Waals surface area (Å²) in [6.07, 6.45) is 4.85. The third kappa shape index (κ3) is 5.57. The quantitative estimate of drug-likeness (QED) is 0.195. The van der Waals surface area contributed by atoms with Crippen molar-refractivity contribution in [2.24, 2.45) is 5.11 Å². The molecule has 0 aliphatic carbocycles. The zero-order valence-electron chi connectivity index (χ0n) is 10.7. The second kappa shape index (κ2) is 8.55. The van der Waals surface area contributed by atoms with Crippen LogP contribution in [0.25, 0.3) is 16.0 Å². The van der Waals surface area contributed by atoms with Crippen molar-refractivity contribution < 1.29 is 9.53 Å². The van der Waals surface area contributed by atoms with Crippen LogP contribution in [0.1, 0.15) is 12.5 Å². The Kier molecular flexibility index (Phi) is 6.55. The molecule has 0 N–H and O–H groups in total. The molecule has 0 spiro atoms. The molecule has 5 heteroatoms. The van der Waals surface area contributed by atoms with E-state index in [4.69, 9.17) is 10.3 Å². The van der Waals surface area contributed by atoms with E-state index in [-0.39, 0.29) is 6.54 Å². The molecule has 5 nitrogen and oxygen atoms in total. The molecule has 19 heavy (non-hydrogen) atoms. The highest BCUT2D eigenvalue weighted by molar-refractivity contribution is 5.94. The number of ether oxygens (including phenoxy) is 1. The van der Waals surface area contributed by atoms with Crippen LogP contribution in [-0.2, 0) is 9.53 Å². The van der Waals surface area contributed by atoms with Crippen LogP contribution in [0.15, 0.2) is 53.7 Å². The van der Waals surface area contributed by atoms with Gasteiger partial charge in [-0.15, -0.1) is 0 Å². The number of nitrogens with zero attached hydrogens (tertiary/aromatic N) is 3. The van der Waals surface area contributed by atoms with Crippen LogP contribution in [0.4, 0.5) is 0 Å². The standard InChI is InChI=1S/C14H15N3O2/c1-2-19-14(18)11-13(9-6-10-16-17-15)12-7-4-3-5-8-12/h3-9,11H,2,10H2,1H3/b9-6-,13-11+. The van der Waals surface area contributed by atoms with E-state index in [1.807, 2.05) is 30.3 Å². The van der Waals surface area contributed by atoms with E-state index in [1.165, 1.54) is 6.08 Å². The topological polar surface area (TPSA) is 75.1 Å². The van der Waals surface area contributed by atoms with Gasteiger partial charge in [0.15, 0.2) is 0 Å². The average molecular weight is 257 g/mol. The van der Waals surface area contributed by atoms with Crippen molar-refractivity contribution in [3.05, 3.63) is 64.6 Å². The van der Waals surface area contributed by atoms with Gasteiger partial charge in [-0.3, -0.25) is 0 Å². The Hall–Kier alpha value is -2.52. The van der Waals surface area contributed by atoms with Gasteiger partial charge in [0.2, 0.25) is 0 Å². The summed E-state index contributed by atoms with van der Waals surface area (Å²) in [5, 5.41) is 3.40. The molecule has 1 rings (SSSR count). The molecule has 0 radical (unpaired) electrons. The Morgan fingerprint density at radius 1 is 1.42 bits per heavy atom. The number of azide groups is 1. The van der Waals surface area contributed by atoms with E-state index < -0.39 is 5.97 Å². The lowest BCUT2D eigenvalue weighted by Gasteiger charge is -2.03. The fraction of sp³-hybridized carbons (Fsp3) is 0.214. The summed E-state index contributed by atoms with van der Waals surface area (Å²) in [5.41, 5.74) is 9.81. The van der Waals surface area contributed by atoms with Crippen molar-refractivity contribution >= 4 is 11.5 Å². The lowest BCUT2D eigenvalue weighted by molar-refractivity contribution is -0.137. The molecule has 0 aliphatic rings. The zero-order valence-corrected chi connectivity index (χ0v) is 10.7. The van der Waals surface area contributed by atoms with E-state index in [0.29, 0.717) is 12.2 Å². The summed E-state index contributed by atoms with van der Waals surface area (Å²) in [5.74, 6) is -0.394. The van der Waals surface area contributed by atoms with Crippen molar-refractivity contribution in [3.63, 3.8) is 0 Å². The first-order chi connectivity index (χ1) is 9.27. The van der Waals surface area contributed by atoms with Gasteiger partial charge in [-0.2, -0.15) is 0 Å². The Morgan fingerprint density at radius 3 is 2.79 bits per heavy atom. The van der Waals surface area contributed by atoms with Crippen molar-refractivity contribution in [2.75, 3.05) is 13.2 Å². The zero-order chi connectivity index (χ0) is 13.9. The molecule has 0 saturated heterocycles. The normalized spacial score (nSPS) is 11.1. The second-order valence-corrected chi connectivity index (χ2v) is 3.53. The predicted molar refractivity (Wildman–Crippen MR) is 74.2 cm³/mol. The first-order valence-electron chi connectivity index (χ1n) is 5.89. The van der Waals surface area contributed by atoms with Gasteiger partial charge in [-0.05, 0) is 23.6 Å². The Labute approximate surface area is 111 Å². The molecule has 0 atom stereocenters. The van der Waals surface area contributed by atoms with Crippen LogP contribution in [0, 0.1) is 0 Å². The third-order valence-corrected chi connectivity index (χ3v) is 2.21. The van der Waals surface area contributed by atoms with E-state index in [9.17, 15) is 4.79 Å². The molecular formula is C14H15N3O2. The first-order valence-corrected chi connectivity index (χ1v) is 5.89. The van der Waals surface area contributed by atoms with Gasteiger partial charge in [-0.25, -0.2) is 4.79 Å². The van der Waals surface area contributed by atoms with Crippen LogP contribution in [-0.4, -0.2) is 19.1 Å². The largest absolute Gasteiger partial charge is 0.463 e. The number of hydrogen-bond acceptors (Lipinski definition) is 3. The van der Waals surface area contributed by atoms with Gasteiger partial charge in [0.25, 0.3) is 0 Å². The smallest absolute Gasteiger partial charge is 0.331 e. The summed E-state index contributed by atoms with van der Waals surface area (Å²) < 4.78 is 4.89. The van der Waals surface area contributed by atoms with Crippen LogP contribution in [0.5, 0.6) is 0 Å². The van der Waals surface area contributed by atoms with Crippen LogP contribution >= 0.6 is 0 Å². The number of rotatable bonds is 6. The highest BCUT2D eigenvalue weighted by Crippen LogP contribution is 2.15. The summed E-state index contributed by atoms with van der Waals surface area (Å²) in [6.45, 7) is 2.33. The Balaban J connectivity index is 2.94. The fourth-order valence-electron chi connectivity index (χ4n) is 1.43. The van der Waals surface area contributed by atoms with Gasteiger partial charge in [0, 0.05) is 17.5 Å². The number of esters is 1. The molecule has 0 heterocycles. The molecule has 0 bridgehead atoms. The molecule has 0 saturated carbocycles. The number of benzene rings is 1. The lowest BCUT2D eigenvalue weighted by Crippen LogP contribution is -2.00. The SMILES string of the molecule is CCOC(=O)/C=C(\C=C/CN=[N+]=[N-])c1ccccc1. The lowest BCUT2D eigenvalue weighted by atomic mass is 10.1. The van der Waals surface area contributed by atoms with Gasteiger partial charge in [-0.1, -0.05) is 47.6 Å².